The Morgan fingerprint density at radius 3 is 2.79 bits per heavy atom. The summed E-state index contributed by atoms with van der Waals surface area (Å²) in [5, 5.41) is 20.5. The number of aromatic nitrogens is 4. The fourth-order valence-electron chi connectivity index (χ4n) is 2.62. The molecular weight excluding hydrogens is 430 g/mol. The third-order valence-electron chi connectivity index (χ3n) is 4.14. The molecule has 3 rings (SSSR count). The monoisotopic (exact) mass is 449 g/mol. The van der Waals surface area contributed by atoms with Gasteiger partial charge in [-0.3, -0.25) is 13.5 Å². The molecule has 1 aliphatic heterocycles. The van der Waals surface area contributed by atoms with E-state index >= 15 is 0 Å². The largest absolute Gasteiger partial charge is 0.387 e. The molecule has 7 N–H and O–H groups in total. The third kappa shape index (κ3) is 4.42. The summed E-state index contributed by atoms with van der Waals surface area (Å²) in [7, 11) is -4.52. The highest BCUT2D eigenvalue weighted by molar-refractivity contribution is 7.85. The first kappa shape index (κ1) is 21.6. The van der Waals surface area contributed by atoms with Crippen LogP contribution in [0.25, 0.3) is 11.2 Å². The second-order valence-corrected chi connectivity index (χ2v) is 7.84. The van der Waals surface area contributed by atoms with E-state index in [2.05, 4.69) is 31.8 Å². The smallest absolute Gasteiger partial charge is 0.362 e. The molecule has 14 nitrogen and oxygen atoms in total. The van der Waals surface area contributed by atoms with Crippen molar-refractivity contribution in [1.82, 2.24) is 24.2 Å². The molecule has 1 amide bonds. The molecule has 5 atom stereocenters. The second-order valence-electron chi connectivity index (χ2n) is 6.12. The molecule has 16 heteroatoms. The van der Waals surface area contributed by atoms with E-state index in [4.69, 9.17) is 16.2 Å². The summed E-state index contributed by atoms with van der Waals surface area (Å²) in [5.74, 6) is -0.969. The van der Waals surface area contributed by atoms with Crippen LogP contribution < -0.4 is 16.2 Å². The van der Waals surface area contributed by atoms with Gasteiger partial charge >= 0.3 is 10.3 Å². The van der Waals surface area contributed by atoms with Gasteiger partial charge in [-0.15, -0.1) is 0 Å². The molecule has 160 valence electrons. The highest BCUT2D eigenvalue weighted by atomic mass is 32.2. The number of imidazole rings is 1. The number of fused-ring (bicyclic) bond motifs is 1. The van der Waals surface area contributed by atoms with Crippen LogP contribution >= 0.6 is 12.6 Å². The maximum Gasteiger partial charge on any atom is 0.362 e. The van der Waals surface area contributed by atoms with Gasteiger partial charge in [-0.25, -0.2) is 19.7 Å². The van der Waals surface area contributed by atoms with Crippen molar-refractivity contribution in [2.75, 3.05) is 18.1 Å². The number of carbonyl (C=O) groups is 1. The summed E-state index contributed by atoms with van der Waals surface area (Å²) in [6, 6.07) is -1.15. The molecule has 2 aromatic rings. The number of nitrogens with one attached hydrogen (secondary N) is 1. The van der Waals surface area contributed by atoms with Crippen LogP contribution in [0.4, 0.5) is 5.82 Å². The van der Waals surface area contributed by atoms with Crippen molar-refractivity contribution in [3.05, 3.63) is 12.7 Å². The number of hydrogen-bond acceptors (Lipinski definition) is 13. The Labute approximate surface area is 169 Å². The van der Waals surface area contributed by atoms with Gasteiger partial charge in [0.15, 0.2) is 17.7 Å². The van der Waals surface area contributed by atoms with Gasteiger partial charge in [0.2, 0.25) is 0 Å². The first-order valence-electron chi connectivity index (χ1n) is 8.16. The van der Waals surface area contributed by atoms with Crippen LogP contribution in [0.2, 0.25) is 0 Å². The van der Waals surface area contributed by atoms with Gasteiger partial charge in [0.25, 0.3) is 5.91 Å². The summed E-state index contributed by atoms with van der Waals surface area (Å²) in [5.41, 5.74) is 11.6. The zero-order valence-corrected chi connectivity index (χ0v) is 16.4. The third-order valence-corrected chi connectivity index (χ3v) is 5.44. The molecule has 0 saturated carbocycles. The molecule has 0 bridgehead atoms. The fourth-order valence-corrected chi connectivity index (χ4v) is 3.56. The van der Waals surface area contributed by atoms with E-state index in [-0.39, 0.29) is 22.7 Å². The molecule has 3 heterocycles. The Hall–Kier alpha value is -2.08. The van der Waals surface area contributed by atoms with Crippen molar-refractivity contribution in [3.8, 4) is 0 Å². The van der Waals surface area contributed by atoms with Gasteiger partial charge in [-0.2, -0.15) is 21.0 Å². The van der Waals surface area contributed by atoms with E-state index in [0.717, 1.165) is 0 Å². The SMILES string of the molecule is Nc1ncnc2c1ncn2[C@@H]1O[C@H](COS(=O)(=O)NC(=O)[C@H](N)CS)[C@@H](O)[C@H]1O. The standard InChI is InChI=1S/C13H19N7O7S2/c14-5(2-28)12(23)19-29(24,25)26-1-6-8(21)9(22)13(27-6)20-4-18-7-10(15)16-3-17-11(7)20/h3-6,8-9,13,21-22,28H,1-2,14H2,(H,19,23)(H2,15,16,17)/t5-,6-,8-,9-,13-/m1/s1. The molecule has 0 spiro atoms. The minimum absolute atomic E-state index is 0.0768. The predicted octanol–water partition coefficient (Wildman–Crippen LogP) is -3.34. The van der Waals surface area contributed by atoms with Crippen molar-refractivity contribution in [2.45, 2.75) is 30.6 Å². The van der Waals surface area contributed by atoms with Crippen molar-refractivity contribution in [3.63, 3.8) is 0 Å². The number of rotatable bonds is 7. The molecule has 29 heavy (non-hydrogen) atoms. The van der Waals surface area contributed by atoms with Gasteiger partial charge in [-0.05, 0) is 0 Å². The number of ether oxygens (including phenoxy) is 1. The number of nitrogen functional groups attached to an aromatic ring is 1. The van der Waals surface area contributed by atoms with E-state index in [1.807, 2.05) is 0 Å². The zero-order chi connectivity index (χ0) is 21.3. The highest BCUT2D eigenvalue weighted by Gasteiger charge is 2.45. The Bertz CT molecular complexity index is 1000. The first-order chi connectivity index (χ1) is 13.6. The van der Waals surface area contributed by atoms with E-state index < -0.39 is 53.4 Å². The summed E-state index contributed by atoms with van der Waals surface area (Å²) in [6.07, 6.45) is -2.85. The van der Waals surface area contributed by atoms with Crippen LogP contribution in [0.3, 0.4) is 0 Å². The van der Waals surface area contributed by atoms with Crippen molar-refractivity contribution in [1.29, 1.82) is 0 Å². The van der Waals surface area contributed by atoms with Crippen molar-refractivity contribution >= 4 is 45.8 Å². The number of nitrogens with two attached hydrogens (primary N) is 2. The van der Waals surface area contributed by atoms with Gasteiger partial charge in [0, 0.05) is 5.75 Å². The number of aliphatic hydroxyl groups excluding tert-OH is 2. The lowest BCUT2D eigenvalue weighted by Crippen LogP contribution is -2.45. The number of carbonyl (C=O) groups excluding carboxylic acids is 1. The van der Waals surface area contributed by atoms with Gasteiger partial charge in [-0.1, -0.05) is 0 Å². The lowest BCUT2D eigenvalue weighted by atomic mass is 10.1. The Balaban J connectivity index is 1.70. The summed E-state index contributed by atoms with van der Waals surface area (Å²) >= 11 is 3.79. The lowest BCUT2D eigenvalue weighted by Gasteiger charge is -2.16. The second kappa shape index (κ2) is 8.34. The number of anilines is 1. The molecule has 0 aliphatic carbocycles. The topological polar surface area (TPSA) is 218 Å². The highest BCUT2D eigenvalue weighted by Crippen LogP contribution is 2.32. The molecular formula is C13H19N7O7S2. The average molecular weight is 449 g/mol. The molecule has 0 aromatic carbocycles. The molecule has 1 saturated heterocycles. The zero-order valence-electron chi connectivity index (χ0n) is 14.7. The van der Waals surface area contributed by atoms with E-state index in [0.29, 0.717) is 0 Å². The molecule has 0 unspecified atom stereocenters. The van der Waals surface area contributed by atoms with Crippen LogP contribution in [0.15, 0.2) is 12.7 Å². The van der Waals surface area contributed by atoms with Crippen molar-refractivity contribution < 1.29 is 32.3 Å². The number of aliphatic hydroxyl groups is 2. The minimum Gasteiger partial charge on any atom is -0.387 e. The Kier molecular flexibility index (Phi) is 6.22. The van der Waals surface area contributed by atoms with E-state index in [1.54, 1.807) is 4.72 Å². The minimum atomic E-state index is -4.52. The maximum atomic E-state index is 11.8. The molecule has 1 fully saturated rings. The summed E-state index contributed by atoms with van der Waals surface area (Å²) < 4.78 is 36.8. The van der Waals surface area contributed by atoms with Gasteiger partial charge in [0.1, 0.15) is 30.2 Å². The van der Waals surface area contributed by atoms with Crippen LogP contribution in [-0.2, 0) is 24.0 Å². The molecule has 1 aliphatic rings. The number of amides is 1. The van der Waals surface area contributed by atoms with E-state index in [9.17, 15) is 23.4 Å². The summed E-state index contributed by atoms with van der Waals surface area (Å²) in [4.78, 5) is 23.4. The normalized spacial score (nSPS) is 25.9. The quantitative estimate of drug-likeness (QED) is 0.229. The fraction of sp³-hybridized carbons (Fsp3) is 0.538. The molecule has 0 radical (unpaired) electrons. The molecule has 2 aromatic heterocycles. The number of nitrogens with zero attached hydrogens (tertiary/aromatic N) is 4. The Morgan fingerprint density at radius 2 is 2.10 bits per heavy atom. The lowest BCUT2D eigenvalue weighted by molar-refractivity contribution is -0.120. The number of thiol groups is 1. The van der Waals surface area contributed by atoms with Crippen LogP contribution in [0.1, 0.15) is 6.23 Å². The van der Waals surface area contributed by atoms with Gasteiger partial charge in [0.05, 0.1) is 19.0 Å². The predicted molar refractivity (Wildman–Crippen MR) is 101 cm³/mol. The van der Waals surface area contributed by atoms with Crippen molar-refractivity contribution in [2.24, 2.45) is 5.73 Å². The Morgan fingerprint density at radius 1 is 1.38 bits per heavy atom. The average Bonchev–Trinajstić information content (AvgIpc) is 3.22. The summed E-state index contributed by atoms with van der Waals surface area (Å²) in [6.45, 7) is -0.683. The van der Waals surface area contributed by atoms with Gasteiger partial charge < -0.3 is 26.4 Å². The van der Waals surface area contributed by atoms with Crippen LogP contribution in [0.5, 0.6) is 0 Å². The van der Waals surface area contributed by atoms with E-state index in [1.165, 1.54) is 17.2 Å². The maximum absolute atomic E-state index is 11.8. The van der Waals surface area contributed by atoms with Crippen LogP contribution in [0, 0.1) is 0 Å². The number of hydrogen-bond donors (Lipinski definition) is 6. The van der Waals surface area contributed by atoms with Crippen LogP contribution in [-0.4, -0.2) is 80.8 Å². The first-order valence-corrected chi connectivity index (χ1v) is 10.2.